The third kappa shape index (κ3) is 3.78. The molecule has 1 unspecified atom stereocenters. The number of rotatable bonds is 3. The molecule has 1 atom stereocenters. The van der Waals surface area contributed by atoms with E-state index in [0.717, 1.165) is 26.1 Å². The van der Waals surface area contributed by atoms with Gasteiger partial charge < -0.3 is 15.5 Å². The highest BCUT2D eigenvalue weighted by Crippen LogP contribution is 2.08. The van der Waals surface area contributed by atoms with Gasteiger partial charge in [-0.05, 0) is 31.3 Å². The lowest BCUT2D eigenvalue weighted by Crippen LogP contribution is -2.47. The summed E-state index contributed by atoms with van der Waals surface area (Å²) in [4.78, 5) is 26.6. The minimum Gasteiger partial charge on any atom is -0.340 e. The van der Waals surface area contributed by atoms with Crippen LogP contribution in [0.25, 0.3) is 0 Å². The quantitative estimate of drug-likeness (QED) is 0.857. The van der Waals surface area contributed by atoms with Crippen LogP contribution < -0.4 is 10.6 Å². The van der Waals surface area contributed by atoms with Crippen molar-refractivity contribution in [1.29, 1.82) is 0 Å². The van der Waals surface area contributed by atoms with Crippen molar-refractivity contribution < 1.29 is 9.59 Å². The first-order valence-corrected chi connectivity index (χ1v) is 7.40. The van der Waals surface area contributed by atoms with Gasteiger partial charge in [0, 0.05) is 19.6 Å². The van der Waals surface area contributed by atoms with Crippen LogP contribution in [0.2, 0.25) is 0 Å². The van der Waals surface area contributed by atoms with Gasteiger partial charge in [-0.25, -0.2) is 0 Å². The van der Waals surface area contributed by atoms with Crippen LogP contribution in [0.1, 0.15) is 23.0 Å². The smallest absolute Gasteiger partial charge is 0.261 e. The molecule has 2 amide bonds. The maximum absolute atomic E-state index is 12.2. The van der Waals surface area contributed by atoms with Crippen LogP contribution in [-0.2, 0) is 4.79 Å². The van der Waals surface area contributed by atoms with E-state index < -0.39 is 6.04 Å². The molecule has 1 fully saturated rings. The third-order valence-corrected chi connectivity index (χ3v) is 3.98. The monoisotopic (exact) mass is 281 g/mol. The first kappa shape index (κ1) is 14.0. The Labute approximate surface area is 117 Å². The molecule has 2 N–H and O–H groups in total. The van der Waals surface area contributed by atoms with Crippen molar-refractivity contribution in [2.45, 2.75) is 19.4 Å². The Bertz CT molecular complexity index is 425. The van der Waals surface area contributed by atoms with E-state index in [0.29, 0.717) is 11.4 Å². The van der Waals surface area contributed by atoms with E-state index in [1.54, 1.807) is 13.0 Å². The van der Waals surface area contributed by atoms with Crippen molar-refractivity contribution in [2.24, 2.45) is 0 Å². The summed E-state index contributed by atoms with van der Waals surface area (Å²) in [5.74, 6) is -0.183. The van der Waals surface area contributed by atoms with E-state index in [-0.39, 0.29) is 11.8 Å². The Morgan fingerprint density at radius 1 is 1.42 bits per heavy atom. The molecule has 0 radical (unpaired) electrons. The molecule has 5 nitrogen and oxygen atoms in total. The van der Waals surface area contributed by atoms with Crippen molar-refractivity contribution in [3.63, 3.8) is 0 Å². The number of nitrogens with zero attached hydrogens (tertiary/aromatic N) is 1. The molecule has 2 heterocycles. The van der Waals surface area contributed by atoms with Gasteiger partial charge in [-0.15, -0.1) is 11.3 Å². The van der Waals surface area contributed by atoms with Gasteiger partial charge >= 0.3 is 0 Å². The number of carbonyl (C=O) groups excluding carboxylic acids is 2. The summed E-state index contributed by atoms with van der Waals surface area (Å²) in [6.07, 6.45) is 0.956. The van der Waals surface area contributed by atoms with Crippen molar-refractivity contribution in [3.05, 3.63) is 22.4 Å². The van der Waals surface area contributed by atoms with E-state index in [2.05, 4.69) is 10.6 Å². The number of nitrogens with one attached hydrogen (secondary N) is 2. The Morgan fingerprint density at radius 3 is 3.00 bits per heavy atom. The topological polar surface area (TPSA) is 61.4 Å². The Kier molecular flexibility index (Phi) is 4.93. The van der Waals surface area contributed by atoms with Crippen LogP contribution in [0.15, 0.2) is 17.5 Å². The molecule has 0 aliphatic carbocycles. The van der Waals surface area contributed by atoms with Gasteiger partial charge in [0.2, 0.25) is 5.91 Å². The van der Waals surface area contributed by atoms with E-state index in [1.165, 1.54) is 11.3 Å². The molecule has 0 aromatic carbocycles. The van der Waals surface area contributed by atoms with Gasteiger partial charge in [0.15, 0.2) is 0 Å². The van der Waals surface area contributed by atoms with Gasteiger partial charge in [-0.3, -0.25) is 9.59 Å². The number of amides is 2. The van der Waals surface area contributed by atoms with Crippen LogP contribution in [0, 0.1) is 0 Å². The zero-order valence-corrected chi connectivity index (χ0v) is 11.8. The number of carbonyl (C=O) groups is 2. The van der Waals surface area contributed by atoms with Crippen LogP contribution in [-0.4, -0.2) is 48.9 Å². The van der Waals surface area contributed by atoms with Crippen molar-refractivity contribution in [2.75, 3.05) is 26.2 Å². The summed E-state index contributed by atoms with van der Waals surface area (Å²) >= 11 is 1.38. The molecule has 1 aliphatic rings. The predicted molar refractivity (Wildman–Crippen MR) is 75.3 cm³/mol. The van der Waals surface area contributed by atoms with E-state index in [4.69, 9.17) is 0 Å². The molecular weight excluding hydrogens is 262 g/mol. The highest BCUT2D eigenvalue weighted by Gasteiger charge is 2.23. The molecule has 1 aliphatic heterocycles. The molecule has 0 spiro atoms. The molecule has 19 heavy (non-hydrogen) atoms. The first-order valence-electron chi connectivity index (χ1n) is 6.52. The van der Waals surface area contributed by atoms with Gasteiger partial charge in [0.25, 0.3) is 5.91 Å². The Balaban J connectivity index is 1.89. The average Bonchev–Trinajstić information content (AvgIpc) is 2.81. The summed E-state index contributed by atoms with van der Waals surface area (Å²) in [7, 11) is 0. The maximum atomic E-state index is 12.2. The second-order valence-corrected chi connectivity index (χ2v) is 5.55. The van der Waals surface area contributed by atoms with Crippen LogP contribution in [0.5, 0.6) is 0 Å². The first-order chi connectivity index (χ1) is 9.18. The van der Waals surface area contributed by atoms with E-state index in [1.807, 2.05) is 16.3 Å². The second-order valence-electron chi connectivity index (χ2n) is 4.60. The molecule has 104 valence electrons. The van der Waals surface area contributed by atoms with Crippen LogP contribution in [0.4, 0.5) is 0 Å². The van der Waals surface area contributed by atoms with Gasteiger partial charge in [-0.1, -0.05) is 6.07 Å². The lowest BCUT2D eigenvalue weighted by molar-refractivity contribution is -0.132. The third-order valence-electron chi connectivity index (χ3n) is 3.11. The highest BCUT2D eigenvalue weighted by atomic mass is 32.1. The summed E-state index contributed by atoms with van der Waals surface area (Å²) in [6.45, 7) is 4.96. The minimum atomic E-state index is -0.479. The fourth-order valence-corrected chi connectivity index (χ4v) is 2.70. The lowest BCUT2D eigenvalue weighted by atomic mass is 10.2. The molecule has 0 saturated carbocycles. The molecule has 1 aromatic heterocycles. The highest BCUT2D eigenvalue weighted by molar-refractivity contribution is 7.12. The minimum absolute atomic E-state index is 0.00592. The average molecular weight is 281 g/mol. The molecular formula is C13H19N3O2S. The van der Waals surface area contributed by atoms with E-state index >= 15 is 0 Å². The van der Waals surface area contributed by atoms with Crippen molar-refractivity contribution >= 4 is 23.2 Å². The largest absolute Gasteiger partial charge is 0.340 e. The SMILES string of the molecule is CC(NC(=O)c1cccs1)C(=O)N1CCCNCC1. The second kappa shape index (κ2) is 6.68. The normalized spacial score (nSPS) is 17.6. The van der Waals surface area contributed by atoms with Crippen molar-refractivity contribution in [1.82, 2.24) is 15.5 Å². The fraction of sp³-hybridized carbons (Fsp3) is 0.538. The predicted octanol–water partition coefficient (Wildman–Crippen LogP) is 0.688. The van der Waals surface area contributed by atoms with Gasteiger partial charge in [-0.2, -0.15) is 0 Å². The zero-order chi connectivity index (χ0) is 13.7. The maximum Gasteiger partial charge on any atom is 0.261 e. The van der Waals surface area contributed by atoms with Gasteiger partial charge in [0.05, 0.1) is 4.88 Å². The zero-order valence-electron chi connectivity index (χ0n) is 11.0. The van der Waals surface area contributed by atoms with Crippen molar-refractivity contribution in [3.8, 4) is 0 Å². The Morgan fingerprint density at radius 2 is 2.26 bits per heavy atom. The van der Waals surface area contributed by atoms with Crippen LogP contribution in [0.3, 0.4) is 0 Å². The summed E-state index contributed by atoms with van der Waals surface area (Å²) < 4.78 is 0. The number of hydrogen-bond acceptors (Lipinski definition) is 4. The standard InChI is InChI=1S/C13H19N3O2S/c1-10(15-12(17)11-4-2-9-19-11)13(18)16-7-3-5-14-6-8-16/h2,4,9-10,14H,3,5-8H2,1H3,(H,15,17). The molecule has 6 heteroatoms. The lowest BCUT2D eigenvalue weighted by Gasteiger charge is -2.24. The summed E-state index contributed by atoms with van der Waals surface area (Å²) in [5, 5.41) is 7.86. The molecule has 1 aromatic rings. The number of thiophene rings is 1. The van der Waals surface area contributed by atoms with Gasteiger partial charge in [0.1, 0.15) is 6.04 Å². The summed E-state index contributed by atoms with van der Waals surface area (Å²) in [6, 6.07) is 3.10. The van der Waals surface area contributed by atoms with E-state index in [9.17, 15) is 9.59 Å². The molecule has 2 rings (SSSR count). The Hall–Kier alpha value is -1.40. The summed E-state index contributed by atoms with van der Waals surface area (Å²) in [5.41, 5.74) is 0. The fourth-order valence-electron chi connectivity index (χ4n) is 2.08. The molecule has 0 bridgehead atoms. The number of hydrogen-bond donors (Lipinski definition) is 2. The molecule has 1 saturated heterocycles. The van der Waals surface area contributed by atoms with Crippen LogP contribution >= 0.6 is 11.3 Å².